The van der Waals surface area contributed by atoms with Crippen LogP contribution in [0.3, 0.4) is 0 Å². The van der Waals surface area contributed by atoms with Gasteiger partial charge in [-0.05, 0) is 60.9 Å². The van der Waals surface area contributed by atoms with Crippen LogP contribution < -0.4 is 21.1 Å². The van der Waals surface area contributed by atoms with E-state index in [2.05, 4.69) is 10.6 Å². The van der Waals surface area contributed by atoms with E-state index in [1.807, 2.05) is 18.2 Å². The van der Waals surface area contributed by atoms with Crippen molar-refractivity contribution >= 4 is 29.3 Å². The summed E-state index contributed by atoms with van der Waals surface area (Å²) in [6, 6.07) is 18.1. The van der Waals surface area contributed by atoms with Crippen LogP contribution in [-0.4, -0.2) is 36.7 Å². The van der Waals surface area contributed by atoms with Crippen molar-refractivity contribution in [3.63, 3.8) is 0 Å². The van der Waals surface area contributed by atoms with Crippen molar-refractivity contribution in [3.8, 4) is 11.5 Å². The second kappa shape index (κ2) is 11.6. The number of phenolic OH excluding ortho intramolecular Hbond substituents is 1. The van der Waals surface area contributed by atoms with Gasteiger partial charge in [-0.25, -0.2) is 9.59 Å². The predicted octanol–water partition coefficient (Wildman–Crippen LogP) is 4.03. The summed E-state index contributed by atoms with van der Waals surface area (Å²) in [7, 11) is 1.35. The van der Waals surface area contributed by atoms with Gasteiger partial charge in [-0.15, -0.1) is 0 Å². The first-order valence-corrected chi connectivity index (χ1v) is 10.9. The van der Waals surface area contributed by atoms with Crippen molar-refractivity contribution in [2.24, 2.45) is 5.73 Å². The minimum Gasteiger partial charge on any atom is -0.504 e. The quantitative estimate of drug-likeness (QED) is 0.343. The van der Waals surface area contributed by atoms with Crippen LogP contribution in [0.5, 0.6) is 11.5 Å². The normalized spacial score (nSPS) is 11.3. The summed E-state index contributed by atoms with van der Waals surface area (Å²) < 4.78 is 10.2. The summed E-state index contributed by atoms with van der Waals surface area (Å²) in [5, 5.41) is 15.7. The Morgan fingerprint density at radius 3 is 2.17 bits per heavy atom. The SMILES string of the molecule is CCOC(=O)c1cc(OC)c(O)cc1C(Cc1ccc(NC(=O)Nc2ccccc2)cc1)C(N)=O. The molecule has 0 aliphatic heterocycles. The second-order valence-corrected chi connectivity index (χ2v) is 7.63. The zero-order chi connectivity index (χ0) is 25.4. The maximum atomic E-state index is 12.5. The summed E-state index contributed by atoms with van der Waals surface area (Å²) in [5.74, 6) is -2.41. The Bertz CT molecular complexity index is 1200. The first kappa shape index (κ1) is 25.1. The molecule has 0 aliphatic rings. The van der Waals surface area contributed by atoms with Crippen molar-refractivity contribution in [2.45, 2.75) is 19.3 Å². The molecule has 0 bridgehead atoms. The maximum absolute atomic E-state index is 12.5. The summed E-state index contributed by atoms with van der Waals surface area (Å²) in [6.45, 7) is 1.80. The van der Waals surface area contributed by atoms with Crippen molar-refractivity contribution < 1.29 is 29.0 Å². The van der Waals surface area contributed by atoms with Gasteiger partial charge in [0.05, 0.1) is 25.2 Å². The predicted molar refractivity (Wildman–Crippen MR) is 132 cm³/mol. The fourth-order valence-corrected chi connectivity index (χ4v) is 3.56. The molecule has 9 heteroatoms. The highest BCUT2D eigenvalue weighted by atomic mass is 16.5. The molecule has 9 nitrogen and oxygen atoms in total. The van der Waals surface area contributed by atoms with Gasteiger partial charge >= 0.3 is 12.0 Å². The molecule has 3 rings (SSSR count). The van der Waals surface area contributed by atoms with Crippen LogP contribution in [0.1, 0.15) is 34.3 Å². The standard InChI is InChI=1S/C26H27N3O6/c1-3-35-25(32)21-15-23(34-2)22(30)14-19(21)20(24(27)31)13-16-9-11-18(12-10-16)29-26(33)28-17-7-5-4-6-8-17/h4-12,14-15,20,30H,3,13H2,1-2H3,(H2,27,31)(H2,28,29,33). The molecule has 0 aromatic heterocycles. The molecule has 0 fully saturated rings. The lowest BCUT2D eigenvalue weighted by Crippen LogP contribution is -2.25. The summed E-state index contributed by atoms with van der Waals surface area (Å²) >= 11 is 0. The second-order valence-electron chi connectivity index (χ2n) is 7.63. The topological polar surface area (TPSA) is 140 Å². The van der Waals surface area contributed by atoms with Gasteiger partial charge in [-0.2, -0.15) is 0 Å². The largest absolute Gasteiger partial charge is 0.504 e. The summed E-state index contributed by atoms with van der Waals surface area (Å²) in [4.78, 5) is 37.1. The van der Waals surface area contributed by atoms with E-state index in [1.165, 1.54) is 19.2 Å². The van der Waals surface area contributed by atoms with Crippen LogP contribution in [0.25, 0.3) is 0 Å². The molecule has 5 N–H and O–H groups in total. The van der Waals surface area contributed by atoms with Crippen molar-refractivity contribution in [1.29, 1.82) is 0 Å². The van der Waals surface area contributed by atoms with E-state index >= 15 is 0 Å². The Kier molecular flexibility index (Phi) is 8.29. The Labute approximate surface area is 202 Å². The Morgan fingerprint density at radius 1 is 0.971 bits per heavy atom. The lowest BCUT2D eigenvalue weighted by atomic mass is 9.87. The van der Waals surface area contributed by atoms with Gasteiger partial charge in [0.2, 0.25) is 5.91 Å². The van der Waals surface area contributed by atoms with Gasteiger partial charge < -0.3 is 30.9 Å². The van der Waals surface area contributed by atoms with Crippen LogP contribution in [0, 0.1) is 0 Å². The number of esters is 1. The number of anilines is 2. The highest BCUT2D eigenvalue weighted by Gasteiger charge is 2.27. The van der Waals surface area contributed by atoms with E-state index in [1.54, 1.807) is 43.3 Å². The van der Waals surface area contributed by atoms with Crippen molar-refractivity contribution in [2.75, 3.05) is 24.4 Å². The smallest absolute Gasteiger partial charge is 0.338 e. The number of para-hydroxylation sites is 1. The number of methoxy groups -OCH3 is 1. The molecule has 3 aromatic rings. The maximum Gasteiger partial charge on any atom is 0.338 e. The number of aromatic hydroxyl groups is 1. The third kappa shape index (κ3) is 6.50. The molecular formula is C26H27N3O6. The van der Waals surface area contributed by atoms with Gasteiger partial charge in [0.15, 0.2) is 11.5 Å². The molecule has 1 unspecified atom stereocenters. The highest BCUT2D eigenvalue weighted by Crippen LogP contribution is 2.35. The zero-order valence-electron chi connectivity index (χ0n) is 19.4. The van der Waals surface area contributed by atoms with Gasteiger partial charge in [0, 0.05) is 11.4 Å². The molecule has 0 aliphatic carbocycles. The summed E-state index contributed by atoms with van der Waals surface area (Å²) in [6.07, 6.45) is 0.157. The van der Waals surface area contributed by atoms with E-state index in [0.29, 0.717) is 11.4 Å². The number of urea groups is 1. The van der Waals surface area contributed by atoms with Crippen LogP contribution >= 0.6 is 0 Å². The van der Waals surface area contributed by atoms with Gasteiger partial charge in [0.1, 0.15) is 0 Å². The Hall–Kier alpha value is -4.53. The highest BCUT2D eigenvalue weighted by molar-refractivity contribution is 5.99. The molecule has 3 amide bonds. The number of nitrogens with one attached hydrogen (secondary N) is 2. The third-order valence-electron chi connectivity index (χ3n) is 5.25. The molecule has 3 aromatic carbocycles. The molecule has 0 spiro atoms. The van der Waals surface area contributed by atoms with Gasteiger partial charge in [-0.3, -0.25) is 4.79 Å². The van der Waals surface area contributed by atoms with E-state index in [0.717, 1.165) is 5.56 Å². The van der Waals surface area contributed by atoms with Crippen LogP contribution in [0.2, 0.25) is 0 Å². The van der Waals surface area contributed by atoms with E-state index in [9.17, 15) is 19.5 Å². The minimum atomic E-state index is -0.925. The number of ether oxygens (including phenoxy) is 2. The molecule has 0 heterocycles. The zero-order valence-corrected chi connectivity index (χ0v) is 19.4. The molecule has 1 atom stereocenters. The number of hydrogen-bond donors (Lipinski definition) is 4. The number of primary amides is 1. The van der Waals surface area contributed by atoms with Crippen molar-refractivity contribution in [1.82, 2.24) is 0 Å². The lowest BCUT2D eigenvalue weighted by molar-refractivity contribution is -0.119. The third-order valence-corrected chi connectivity index (χ3v) is 5.25. The first-order valence-electron chi connectivity index (χ1n) is 10.9. The lowest BCUT2D eigenvalue weighted by Gasteiger charge is -2.19. The average Bonchev–Trinajstić information content (AvgIpc) is 2.84. The number of benzene rings is 3. The molecule has 0 radical (unpaired) electrons. The number of nitrogens with two attached hydrogens (primary N) is 1. The molecular weight excluding hydrogens is 450 g/mol. The van der Waals surface area contributed by atoms with Crippen LogP contribution in [0.4, 0.5) is 16.2 Å². The monoisotopic (exact) mass is 477 g/mol. The van der Waals surface area contributed by atoms with Crippen molar-refractivity contribution in [3.05, 3.63) is 83.4 Å². The Balaban J connectivity index is 1.80. The van der Waals surface area contributed by atoms with Crippen LogP contribution in [0.15, 0.2) is 66.7 Å². The average molecular weight is 478 g/mol. The molecule has 182 valence electrons. The fourth-order valence-electron chi connectivity index (χ4n) is 3.56. The number of carbonyl (C=O) groups excluding carboxylic acids is 3. The van der Waals surface area contributed by atoms with Crippen LogP contribution in [-0.2, 0) is 16.0 Å². The number of carbonyl (C=O) groups is 3. The minimum absolute atomic E-state index is 0.0734. The molecule has 0 saturated heterocycles. The summed E-state index contributed by atoms with van der Waals surface area (Å²) in [5.41, 5.74) is 7.94. The van der Waals surface area contributed by atoms with E-state index < -0.39 is 23.8 Å². The van der Waals surface area contributed by atoms with Gasteiger partial charge in [0.25, 0.3) is 0 Å². The first-order chi connectivity index (χ1) is 16.8. The van der Waals surface area contributed by atoms with E-state index in [-0.39, 0.29) is 35.7 Å². The fraction of sp³-hybridized carbons (Fsp3) is 0.192. The Morgan fingerprint density at radius 2 is 1.60 bits per heavy atom. The molecule has 35 heavy (non-hydrogen) atoms. The number of hydrogen-bond acceptors (Lipinski definition) is 6. The number of rotatable bonds is 9. The molecule has 0 saturated carbocycles. The number of phenols is 1. The van der Waals surface area contributed by atoms with Gasteiger partial charge in [-0.1, -0.05) is 30.3 Å². The number of amides is 3. The van der Waals surface area contributed by atoms with E-state index in [4.69, 9.17) is 15.2 Å².